The molecule has 2 nitrogen and oxygen atoms in total. The van der Waals surface area contributed by atoms with Crippen molar-refractivity contribution in [1.82, 2.24) is 10.3 Å². The molecule has 1 fully saturated rings. The highest BCUT2D eigenvalue weighted by atomic mass is 14.9. The lowest BCUT2D eigenvalue weighted by Gasteiger charge is -2.33. The van der Waals surface area contributed by atoms with E-state index in [1.807, 2.05) is 12.4 Å². The SMILES string of the molecule is CC(C)NCC1CCCCC1c1cccc2cnccc12. The Balaban J connectivity index is 1.91. The van der Waals surface area contributed by atoms with Gasteiger partial charge in [0, 0.05) is 23.8 Å². The smallest absolute Gasteiger partial charge is 0.0346 e. The molecule has 2 aromatic rings. The van der Waals surface area contributed by atoms with Gasteiger partial charge in [-0.15, -0.1) is 0 Å². The normalized spacial score (nSPS) is 22.8. The van der Waals surface area contributed by atoms with E-state index >= 15 is 0 Å². The highest BCUT2D eigenvalue weighted by Crippen LogP contribution is 2.40. The van der Waals surface area contributed by atoms with Crippen LogP contribution in [-0.4, -0.2) is 17.6 Å². The zero-order valence-electron chi connectivity index (χ0n) is 13.2. The fourth-order valence-corrected chi connectivity index (χ4v) is 3.72. The third kappa shape index (κ3) is 3.26. The van der Waals surface area contributed by atoms with Gasteiger partial charge in [-0.05, 0) is 48.2 Å². The summed E-state index contributed by atoms with van der Waals surface area (Å²) in [5, 5.41) is 6.32. The molecule has 0 bridgehead atoms. The summed E-state index contributed by atoms with van der Waals surface area (Å²) in [5.74, 6) is 1.45. The molecule has 0 saturated heterocycles. The Morgan fingerprint density at radius 1 is 1.19 bits per heavy atom. The minimum absolute atomic E-state index is 0.573. The largest absolute Gasteiger partial charge is 0.314 e. The topological polar surface area (TPSA) is 24.9 Å². The van der Waals surface area contributed by atoms with Gasteiger partial charge in [0.2, 0.25) is 0 Å². The average molecular weight is 282 g/mol. The van der Waals surface area contributed by atoms with Crippen molar-refractivity contribution < 1.29 is 0 Å². The number of aromatic nitrogens is 1. The molecule has 1 heterocycles. The quantitative estimate of drug-likeness (QED) is 0.892. The van der Waals surface area contributed by atoms with Gasteiger partial charge in [-0.25, -0.2) is 0 Å². The summed E-state index contributed by atoms with van der Waals surface area (Å²) in [7, 11) is 0. The highest BCUT2D eigenvalue weighted by molar-refractivity contribution is 5.85. The summed E-state index contributed by atoms with van der Waals surface area (Å²) >= 11 is 0. The second-order valence-corrected chi connectivity index (χ2v) is 6.66. The number of pyridine rings is 1. The first-order chi connectivity index (χ1) is 10.3. The predicted molar refractivity (Wildman–Crippen MR) is 89.6 cm³/mol. The van der Waals surface area contributed by atoms with E-state index in [4.69, 9.17) is 0 Å². The van der Waals surface area contributed by atoms with Gasteiger partial charge in [-0.3, -0.25) is 4.98 Å². The van der Waals surface area contributed by atoms with Crippen LogP contribution >= 0.6 is 0 Å². The maximum absolute atomic E-state index is 4.27. The maximum atomic E-state index is 4.27. The summed E-state index contributed by atoms with van der Waals surface area (Å²) in [6, 6.07) is 9.47. The van der Waals surface area contributed by atoms with E-state index in [2.05, 4.69) is 48.4 Å². The predicted octanol–water partition coefficient (Wildman–Crippen LogP) is 4.51. The summed E-state index contributed by atoms with van der Waals surface area (Å²) in [5.41, 5.74) is 1.53. The summed E-state index contributed by atoms with van der Waals surface area (Å²) < 4.78 is 0. The molecule has 1 aromatic heterocycles. The van der Waals surface area contributed by atoms with Crippen LogP contribution in [0.15, 0.2) is 36.7 Å². The van der Waals surface area contributed by atoms with Gasteiger partial charge in [0.25, 0.3) is 0 Å². The fraction of sp³-hybridized carbons (Fsp3) is 0.526. The van der Waals surface area contributed by atoms with E-state index in [1.165, 1.54) is 42.0 Å². The number of hydrogen-bond donors (Lipinski definition) is 1. The Morgan fingerprint density at radius 2 is 2.05 bits per heavy atom. The van der Waals surface area contributed by atoms with Crippen molar-refractivity contribution in [2.75, 3.05) is 6.54 Å². The van der Waals surface area contributed by atoms with Crippen molar-refractivity contribution in [1.29, 1.82) is 0 Å². The molecule has 1 aliphatic rings. The average Bonchev–Trinajstić information content (AvgIpc) is 2.53. The van der Waals surface area contributed by atoms with Crippen LogP contribution in [0.25, 0.3) is 10.8 Å². The first kappa shape index (κ1) is 14.5. The van der Waals surface area contributed by atoms with E-state index in [0.29, 0.717) is 12.0 Å². The number of rotatable bonds is 4. The molecular formula is C19H26N2. The second kappa shape index (κ2) is 6.57. The molecule has 0 aliphatic heterocycles. The first-order valence-corrected chi connectivity index (χ1v) is 8.31. The van der Waals surface area contributed by atoms with E-state index in [-0.39, 0.29) is 0 Å². The van der Waals surface area contributed by atoms with Crippen LogP contribution in [0.3, 0.4) is 0 Å². The number of nitrogens with zero attached hydrogens (tertiary/aromatic N) is 1. The Kier molecular flexibility index (Phi) is 4.54. The summed E-state index contributed by atoms with van der Waals surface area (Å²) in [6.45, 7) is 5.62. The van der Waals surface area contributed by atoms with Crippen LogP contribution < -0.4 is 5.32 Å². The molecule has 2 atom stereocenters. The van der Waals surface area contributed by atoms with Crippen molar-refractivity contribution in [2.24, 2.45) is 5.92 Å². The molecule has 1 N–H and O–H groups in total. The van der Waals surface area contributed by atoms with Crippen LogP contribution in [0.4, 0.5) is 0 Å². The Hall–Kier alpha value is -1.41. The first-order valence-electron chi connectivity index (χ1n) is 8.31. The van der Waals surface area contributed by atoms with Crippen LogP contribution in [0.1, 0.15) is 51.0 Å². The second-order valence-electron chi connectivity index (χ2n) is 6.66. The number of hydrogen-bond acceptors (Lipinski definition) is 2. The maximum Gasteiger partial charge on any atom is 0.0346 e. The molecule has 0 amide bonds. The van der Waals surface area contributed by atoms with E-state index in [9.17, 15) is 0 Å². The van der Waals surface area contributed by atoms with Crippen LogP contribution in [0.2, 0.25) is 0 Å². The lowest BCUT2D eigenvalue weighted by atomic mass is 9.74. The van der Waals surface area contributed by atoms with Crippen LogP contribution in [0.5, 0.6) is 0 Å². The Morgan fingerprint density at radius 3 is 2.90 bits per heavy atom. The van der Waals surface area contributed by atoms with E-state index in [1.54, 1.807) is 0 Å². The molecule has 1 aliphatic carbocycles. The highest BCUT2D eigenvalue weighted by Gasteiger charge is 2.27. The molecule has 2 heteroatoms. The van der Waals surface area contributed by atoms with Crippen molar-refractivity contribution >= 4 is 10.8 Å². The molecule has 0 spiro atoms. The van der Waals surface area contributed by atoms with E-state index in [0.717, 1.165) is 12.5 Å². The van der Waals surface area contributed by atoms with Crippen molar-refractivity contribution in [3.63, 3.8) is 0 Å². The minimum atomic E-state index is 0.573. The van der Waals surface area contributed by atoms with Crippen molar-refractivity contribution in [3.05, 3.63) is 42.2 Å². The van der Waals surface area contributed by atoms with Gasteiger partial charge >= 0.3 is 0 Å². The van der Waals surface area contributed by atoms with Gasteiger partial charge < -0.3 is 5.32 Å². The molecule has 112 valence electrons. The van der Waals surface area contributed by atoms with Crippen LogP contribution in [-0.2, 0) is 0 Å². The zero-order chi connectivity index (χ0) is 14.7. The molecule has 2 unspecified atom stereocenters. The number of benzene rings is 1. The Bertz CT molecular complexity index is 586. The summed E-state index contributed by atoms with van der Waals surface area (Å²) in [4.78, 5) is 4.27. The standard InChI is InChI=1S/C19H26N2/c1-14(2)21-13-16-6-3-4-8-17(16)19-9-5-7-15-12-20-11-10-18(15)19/h5,7,9-12,14,16-17,21H,3-4,6,8,13H2,1-2H3. The Labute approximate surface area is 128 Å². The monoisotopic (exact) mass is 282 g/mol. The molecule has 3 rings (SSSR count). The van der Waals surface area contributed by atoms with Crippen molar-refractivity contribution in [3.8, 4) is 0 Å². The van der Waals surface area contributed by atoms with Gasteiger partial charge in [0.1, 0.15) is 0 Å². The molecular weight excluding hydrogens is 256 g/mol. The minimum Gasteiger partial charge on any atom is -0.314 e. The number of nitrogens with one attached hydrogen (secondary N) is 1. The molecule has 0 radical (unpaired) electrons. The van der Waals surface area contributed by atoms with Gasteiger partial charge in [-0.1, -0.05) is 44.9 Å². The van der Waals surface area contributed by atoms with E-state index < -0.39 is 0 Å². The third-order valence-electron chi connectivity index (χ3n) is 4.81. The van der Waals surface area contributed by atoms with Crippen LogP contribution in [0, 0.1) is 5.92 Å². The number of fused-ring (bicyclic) bond motifs is 1. The van der Waals surface area contributed by atoms with Gasteiger partial charge in [0.05, 0.1) is 0 Å². The molecule has 1 saturated carbocycles. The van der Waals surface area contributed by atoms with Gasteiger partial charge in [-0.2, -0.15) is 0 Å². The lowest BCUT2D eigenvalue weighted by molar-refractivity contribution is 0.290. The van der Waals surface area contributed by atoms with Gasteiger partial charge in [0.15, 0.2) is 0 Å². The molecule has 1 aromatic carbocycles. The zero-order valence-corrected chi connectivity index (χ0v) is 13.2. The lowest BCUT2D eigenvalue weighted by Crippen LogP contribution is -2.33. The van der Waals surface area contributed by atoms with Crippen molar-refractivity contribution in [2.45, 2.75) is 51.5 Å². The third-order valence-corrected chi connectivity index (χ3v) is 4.81. The fourth-order valence-electron chi connectivity index (χ4n) is 3.72. The molecule has 21 heavy (non-hydrogen) atoms. The summed E-state index contributed by atoms with van der Waals surface area (Å²) in [6.07, 6.45) is 9.34.